The second-order valence-electron chi connectivity index (χ2n) is 5.88. The van der Waals surface area contributed by atoms with Gasteiger partial charge in [-0.05, 0) is 36.8 Å². The molecule has 0 unspecified atom stereocenters. The molecule has 3 aromatic carbocycles. The van der Waals surface area contributed by atoms with E-state index >= 15 is 0 Å². The molecule has 0 aliphatic rings. The predicted octanol–water partition coefficient (Wildman–Crippen LogP) is 5.06. The Labute approximate surface area is 149 Å². The molecule has 3 rings (SSSR count). The first-order valence-corrected chi connectivity index (χ1v) is 8.50. The molecule has 0 saturated carbocycles. The third-order valence-electron chi connectivity index (χ3n) is 3.82. The lowest BCUT2D eigenvalue weighted by atomic mass is 10.1. The topological polar surface area (TPSA) is 30.5 Å². The summed E-state index contributed by atoms with van der Waals surface area (Å²) in [4.78, 5) is 0. The standard InChI is InChI=1S/C22H23NO2/c1-18-10-12-19(13-11-18)17-23-20-6-5-9-22(16-20)25-15-14-24-21-7-3-2-4-8-21/h2-13,16,23H,14-15,17H2,1H3. The third kappa shape index (κ3) is 5.57. The van der Waals surface area contributed by atoms with E-state index in [0.29, 0.717) is 13.2 Å². The van der Waals surface area contributed by atoms with Crippen molar-refractivity contribution >= 4 is 5.69 Å². The van der Waals surface area contributed by atoms with E-state index in [-0.39, 0.29) is 0 Å². The zero-order valence-corrected chi connectivity index (χ0v) is 14.4. The van der Waals surface area contributed by atoms with Crippen LogP contribution in [-0.4, -0.2) is 13.2 Å². The fourth-order valence-electron chi connectivity index (χ4n) is 2.44. The highest BCUT2D eigenvalue weighted by Gasteiger charge is 1.99. The minimum Gasteiger partial charge on any atom is -0.490 e. The molecule has 3 nitrogen and oxygen atoms in total. The molecule has 25 heavy (non-hydrogen) atoms. The van der Waals surface area contributed by atoms with Crippen LogP contribution in [0.1, 0.15) is 11.1 Å². The van der Waals surface area contributed by atoms with Gasteiger partial charge in [0.2, 0.25) is 0 Å². The minimum absolute atomic E-state index is 0.510. The zero-order chi connectivity index (χ0) is 17.3. The van der Waals surface area contributed by atoms with Crippen LogP contribution < -0.4 is 14.8 Å². The lowest BCUT2D eigenvalue weighted by Crippen LogP contribution is -2.09. The van der Waals surface area contributed by atoms with Crippen LogP contribution in [0.2, 0.25) is 0 Å². The molecule has 0 aliphatic carbocycles. The Morgan fingerprint density at radius 2 is 1.40 bits per heavy atom. The number of nitrogens with one attached hydrogen (secondary N) is 1. The molecule has 0 spiro atoms. The Morgan fingerprint density at radius 3 is 2.16 bits per heavy atom. The van der Waals surface area contributed by atoms with Crippen molar-refractivity contribution in [2.75, 3.05) is 18.5 Å². The number of ether oxygens (including phenoxy) is 2. The molecule has 3 aromatic rings. The lowest BCUT2D eigenvalue weighted by Gasteiger charge is -2.11. The van der Waals surface area contributed by atoms with E-state index in [9.17, 15) is 0 Å². The van der Waals surface area contributed by atoms with E-state index in [1.165, 1.54) is 11.1 Å². The summed E-state index contributed by atoms with van der Waals surface area (Å²) in [5.41, 5.74) is 3.58. The van der Waals surface area contributed by atoms with Gasteiger partial charge in [-0.15, -0.1) is 0 Å². The molecule has 0 bridgehead atoms. The Bertz CT molecular complexity index is 770. The van der Waals surface area contributed by atoms with Crippen molar-refractivity contribution in [3.05, 3.63) is 90.0 Å². The quantitative estimate of drug-likeness (QED) is 0.584. The van der Waals surface area contributed by atoms with E-state index in [0.717, 1.165) is 23.7 Å². The van der Waals surface area contributed by atoms with Crippen molar-refractivity contribution < 1.29 is 9.47 Å². The van der Waals surface area contributed by atoms with Gasteiger partial charge in [0.15, 0.2) is 0 Å². The van der Waals surface area contributed by atoms with Gasteiger partial charge in [-0.3, -0.25) is 0 Å². The molecule has 0 aromatic heterocycles. The largest absolute Gasteiger partial charge is 0.490 e. The number of benzene rings is 3. The van der Waals surface area contributed by atoms with Gasteiger partial charge in [0.05, 0.1) is 0 Å². The van der Waals surface area contributed by atoms with E-state index in [1.807, 2.05) is 54.6 Å². The van der Waals surface area contributed by atoms with Crippen LogP contribution in [0.3, 0.4) is 0 Å². The summed E-state index contributed by atoms with van der Waals surface area (Å²) < 4.78 is 11.4. The summed E-state index contributed by atoms with van der Waals surface area (Å²) in [6, 6.07) is 26.3. The maximum Gasteiger partial charge on any atom is 0.122 e. The minimum atomic E-state index is 0.510. The highest BCUT2D eigenvalue weighted by atomic mass is 16.5. The Kier molecular flexibility index (Phi) is 5.94. The Hall–Kier alpha value is -2.94. The van der Waals surface area contributed by atoms with Gasteiger partial charge in [-0.25, -0.2) is 0 Å². The van der Waals surface area contributed by atoms with Crippen LogP contribution in [0, 0.1) is 6.92 Å². The molecule has 1 N–H and O–H groups in total. The van der Waals surface area contributed by atoms with Crippen LogP contribution >= 0.6 is 0 Å². The van der Waals surface area contributed by atoms with Crippen molar-refractivity contribution in [2.24, 2.45) is 0 Å². The van der Waals surface area contributed by atoms with Crippen molar-refractivity contribution in [1.82, 2.24) is 0 Å². The lowest BCUT2D eigenvalue weighted by molar-refractivity contribution is 0.217. The summed E-state index contributed by atoms with van der Waals surface area (Å²) in [6.07, 6.45) is 0. The Balaban J connectivity index is 1.45. The van der Waals surface area contributed by atoms with Crippen molar-refractivity contribution in [2.45, 2.75) is 13.5 Å². The van der Waals surface area contributed by atoms with Gasteiger partial charge >= 0.3 is 0 Å². The maximum absolute atomic E-state index is 5.77. The van der Waals surface area contributed by atoms with E-state index in [2.05, 4.69) is 36.5 Å². The fraction of sp³-hybridized carbons (Fsp3) is 0.182. The molecule has 0 atom stereocenters. The van der Waals surface area contributed by atoms with Gasteiger partial charge in [-0.1, -0.05) is 54.1 Å². The molecular formula is C22H23NO2. The van der Waals surface area contributed by atoms with Gasteiger partial charge in [-0.2, -0.15) is 0 Å². The normalized spacial score (nSPS) is 10.3. The first kappa shape index (κ1) is 16.9. The van der Waals surface area contributed by atoms with Crippen LogP contribution in [-0.2, 0) is 6.54 Å². The second-order valence-corrected chi connectivity index (χ2v) is 5.88. The SMILES string of the molecule is Cc1ccc(CNc2cccc(OCCOc3ccccc3)c2)cc1. The van der Waals surface area contributed by atoms with Crippen LogP contribution in [0.5, 0.6) is 11.5 Å². The van der Waals surface area contributed by atoms with Gasteiger partial charge in [0.25, 0.3) is 0 Å². The summed E-state index contributed by atoms with van der Waals surface area (Å²) in [7, 11) is 0. The number of hydrogen-bond donors (Lipinski definition) is 1. The average Bonchev–Trinajstić information content (AvgIpc) is 2.66. The first-order valence-electron chi connectivity index (χ1n) is 8.50. The smallest absolute Gasteiger partial charge is 0.122 e. The highest BCUT2D eigenvalue weighted by Crippen LogP contribution is 2.18. The molecule has 0 saturated heterocycles. The molecule has 128 valence electrons. The van der Waals surface area contributed by atoms with Gasteiger partial charge < -0.3 is 14.8 Å². The molecule has 0 fully saturated rings. The van der Waals surface area contributed by atoms with E-state index in [1.54, 1.807) is 0 Å². The number of rotatable bonds is 8. The molecule has 0 aliphatic heterocycles. The van der Waals surface area contributed by atoms with Gasteiger partial charge in [0, 0.05) is 18.3 Å². The number of para-hydroxylation sites is 1. The second kappa shape index (κ2) is 8.78. The summed E-state index contributed by atoms with van der Waals surface area (Å²) in [5.74, 6) is 1.70. The van der Waals surface area contributed by atoms with Crippen LogP contribution in [0.25, 0.3) is 0 Å². The summed E-state index contributed by atoms with van der Waals surface area (Å²) >= 11 is 0. The third-order valence-corrected chi connectivity index (χ3v) is 3.82. The van der Waals surface area contributed by atoms with Crippen LogP contribution in [0.15, 0.2) is 78.9 Å². The monoisotopic (exact) mass is 333 g/mol. The van der Waals surface area contributed by atoms with Crippen molar-refractivity contribution in [3.63, 3.8) is 0 Å². The zero-order valence-electron chi connectivity index (χ0n) is 14.4. The number of hydrogen-bond acceptors (Lipinski definition) is 3. The summed E-state index contributed by atoms with van der Waals surface area (Å²) in [6.45, 7) is 3.92. The average molecular weight is 333 g/mol. The van der Waals surface area contributed by atoms with Crippen LogP contribution in [0.4, 0.5) is 5.69 Å². The highest BCUT2D eigenvalue weighted by molar-refractivity contribution is 5.48. The molecule has 3 heteroatoms. The Morgan fingerprint density at radius 1 is 0.720 bits per heavy atom. The number of aryl methyl sites for hydroxylation is 1. The van der Waals surface area contributed by atoms with Crippen molar-refractivity contribution in [1.29, 1.82) is 0 Å². The molecule has 0 heterocycles. The van der Waals surface area contributed by atoms with E-state index in [4.69, 9.17) is 9.47 Å². The molecular weight excluding hydrogens is 310 g/mol. The first-order chi connectivity index (χ1) is 12.3. The number of anilines is 1. The summed E-state index contributed by atoms with van der Waals surface area (Å²) in [5, 5.41) is 3.43. The van der Waals surface area contributed by atoms with Gasteiger partial charge in [0.1, 0.15) is 24.7 Å². The molecule has 0 radical (unpaired) electrons. The molecule has 0 amide bonds. The maximum atomic E-state index is 5.77. The van der Waals surface area contributed by atoms with Crippen molar-refractivity contribution in [3.8, 4) is 11.5 Å². The van der Waals surface area contributed by atoms with E-state index < -0.39 is 0 Å². The fourth-order valence-corrected chi connectivity index (χ4v) is 2.44. The predicted molar refractivity (Wildman–Crippen MR) is 102 cm³/mol.